The molecule has 1 fully saturated rings. The number of rotatable bonds is 2. The molecule has 5 atom stereocenters. The van der Waals surface area contributed by atoms with Gasteiger partial charge >= 0.3 is 5.63 Å². The van der Waals surface area contributed by atoms with E-state index in [2.05, 4.69) is 0 Å². The average Bonchev–Trinajstić information content (AvgIpc) is 2.76. The Kier molecular flexibility index (Phi) is 4.95. The first-order valence-corrected chi connectivity index (χ1v) is 10.4. The number of aliphatic hydroxyl groups excluding tert-OH is 3. The molecule has 0 aliphatic carbocycles. The van der Waals surface area contributed by atoms with Gasteiger partial charge in [0.05, 0.1) is 16.9 Å². The second-order valence-corrected chi connectivity index (χ2v) is 8.35. The molecule has 9 heteroatoms. The van der Waals surface area contributed by atoms with Crippen molar-refractivity contribution in [3.8, 4) is 17.2 Å². The van der Waals surface area contributed by atoms with Crippen LogP contribution in [0.1, 0.15) is 12.5 Å². The highest BCUT2D eigenvalue weighted by Gasteiger charge is 2.43. The Bertz CT molecular complexity index is 1460. The predicted molar refractivity (Wildman–Crippen MR) is 119 cm³/mol. The number of hydrogen-bond donors (Lipinski definition) is 5. The first-order chi connectivity index (χ1) is 15.7. The van der Waals surface area contributed by atoms with Crippen molar-refractivity contribution in [2.24, 2.45) is 0 Å². The van der Waals surface area contributed by atoms with Gasteiger partial charge in [0.1, 0.15) is 41.1 Å². The zero-order valence-electron chi connectivity index (χ0n) is 17.7. The molecule has 4 aromatic rings. The third-order valence-electron chi connectivity index (χ3n) is 6.05. The molecular formula is C24H22O9. The quantitative estimate of drug-likeness (QED) is 0.226. The van der Waals surface area contributed by atoms with E-state index in [-0.39, 0.29) is 39.0 Å². The lowest BCUT2D eigenvalue weighted by molar-refractivity contribution is -0.267. The molecule has 0 bridgehead atoms. The van der Waals surface area contributed by atoms with Crippen LogP contribution in [0, 0.1) is 6.92 Å². The molecule has 0 unspecified atom stereocenters. The third-order valence-corrected chi connectivity index (χ3v) is 6.05. The van der Waals surface area contributed by atoms with Gasteiger partial charge in [-0.1, -0.05) is 12.1 Å². The van der Waals surface area contributed by atoms with Crippen LogP contribution < -0.4 is 10.4 Å². The summed E-state index contributed by atoms with van der Waals surface area (Å²) in [6.45, 7) is 3.26. The van der Waals surface area contributed by atoms with Gasteiger partial charge in [0.25, 0.3) is 0 Å². The molecule has 1 aliphatic heterocycles. The molecule has 0 radical (unpaired) electrons. The van der Waals surface area contributed by atoms with Gasteiger partial charge in [0, 0.05) is 16.2 Å². The maximum atomic E-state index is 12.7. The van der Waals surface area contributed by atoms with E-state index >= 15 is 0 Å². The van der Waals surface area contributed by atoms with Crippen molar-refractivity contribution < 1.29 is 39.4 Å². The lowest BCUT2D eigenvalue weighted by Gasteiger charge is -2.39. The van der Waals surface area contributed by atoms with Crippen molar-refractivity contribution in [1.82, 2.24) is 0 Å². The van der Waals surface area contributed by atoms with Crippen molar-refractivity contribution in [2.45, 2.75) is 44.6 Å². The van der Waals surface area contributed by atoms with Crippen molar-refractivity contribution in [3.63, 3.8) is 0 Å². The maximum absolute atomic E-state index is 12.7. The molecule has 9 nitrogen and oxygen atoms in total. The standard InChI is InChI=1S/C24H22O9/c1-9-6-13-17(15(26)7-9)12-8-16(32-24-21(29)20(28)19(27)10(2)31-24)18-11(4-3-5-14(18)25)22(12)33-23(13)30/h3-8,10,19-21,24-29H,1-2H3/t10-,19-,20+,21-,24-/m0/s1. The summed E-state index contributed by atoms with van der Waals surface area (Å²) in [5.74, 6) is -0.251. The molecule has 5 N–H and O–H groups in total. The SMILES string of the molecule is Cc1cc(O)c2c(c1)c(=O)oc1c3cccc(O)c3c(O[C@@H]3O[C@@H](C)[C@H](O)[C@@H](O)[C@@H]3O)cc12. The van der Waals surface area contributed by atoms with E-state index in [1.165, 1.54) is 25.1 Å². The molecular weight excluding hydrogens is 432 g/mol. The van der Waals surface area contributed by atoms with Crippen LogP contribution in [-0.4, -0.2) is 56.2 Å². The number of aromatic hydroxyl groups is 2. The minimum absolute atomic E-state index is 0.0607. The first-order valence-electron chi connectivity index (χ1n) is 10.4. The average molecular weight is 454 g/mol. The molecule has 33 heavy (non-hydrogen) atoms. The summed E-state index contributed by atoms with van der Waals surface area (Å²) in [5.41, 5.74) is 0.160. The molecule has 0 saturated carbocycles. The monoisotopic (exact) mass is 454 g/mol. The fraction of sp³-hybridized carbons (Fsp3) is 0.292. The Morgan fingerprint density at radius 3 is 2.39 bits per heavy atom. The summed E-state index contributed by atoms with van der Waals surface area (Å²) in [6.07, 6.45) is -6.59. The topological polar surface area (TPSA) is 150 Å². The number of aliphatic hydroxyl groups is 3. The van der Waals surface area contributed by atoms with Gasteiger partial charge in [0.15, 0.2) is 0 Å². The minimum Gasteiger partial charge on any atom is -0.507 e. The first kappa shape index (κ1) is 21.5. The molecule has 1 aliphatic rings. The Morgan fingerprint density at radius 1 is 0.879 bits per heavy atom. The highest BCUT2D eigenvalue weighted by atomic mass is 16.7. The van der Waals surface area contributed by atoms with E-state index in [1.807, 2.05) is 0 Å². The summed E-state index contributed by atoms with van der Waals surface area (Å²) >= 11 is 0. The number of ether oxygens (including phenoxy) is 2. The minimum atomic E-state index is -1.57. The summed E-state index contributed by atoms with van der Waals surface area (Å²) in [5, 5.41) is 53.0. The van der Waals surface area contributed by atoms with Gasteiger partial charge in [-0.3, -0.25) is 0 Å². The van der Waals surface area contributed by atoms with Crippen LogP contribution in [0.15, 0.2) is 45.6 Å². The number of phenols is 2. The number of hydrogen-bond acceptors (Lipinski definition) is 9. The van der Waals surface area contributed by atoms with Crippen LogP contribution in [0.25, 0.3) is 32.5 Å². The van der Waals surface area contributed by atoms with Gasteiger partial charge < -0.3 is 39.4 Å². The second kappa shape index (κ2) is 7.60. The normalized spacial score (nSPS) is 25.7. The van der Waals surface area contributed by atoms with Crippen LogP contribution >= 0.6 is 0 Å². The Balaban J connectivity index is 1.80. The van der Waals surface area contributed by atoms with Crippen molar-refractivity contribution in [1.29, 1.82) is 0 Å². The van der Waals surface area contributed by atoms with E-state index in [0.717, 1.165) is 0 Å². The lowest BCUT2D eigenvalue weighted by atomic mass is 9.99. The smallest absolute Gasteiger partial charge is 0.344 e. The Labute approximate surface area is 186 Å². The van der Waals surface area contributed by atoms with Gasteiger partial charge in [-0.25, -0.2) is 4.79 Å². The highest BCUT2D eigenvalue weighted by Crippen LogP contribution is 2.43. The third kappa shape index (κ3) is 3.28. The van der Waals surface area contributed by atoms with Crippen LogP contribution in [0.4, 0.5) is 0 Å². The molecule has 0 spiro atoms. The Hall–Kier alpha value is -3.37. The van der Waals surface area contributed by atoms with Crippen LogP contribution in [-0.2, 0) is 4.74 Å². The van der Waals surface area contributed by atoms with Crippen molar-refractivity contribution in [2.75, 3.05) is 0 Å². The molecule has 2 heterocycles. The van der Waals surface area contributed by atoms with Crippen LogP contribution in [0.3, 0.4) is 0 Å². The maximum Gasteiger partial charge on any atom is 0.344 e. The van der Waals surface area contributed by atoms with Gasteiger partial charge in [0.2, 0.25) is 6.29 Å². The second-order valence-electron chi connectivity index (χ2n) is 8.35. The molecule has 172 valence electrons. The van der Waals surface area contributed by atoms with E-state index in [9.17, 15) is 30.3 Å². The van der Waals surface area contributed by atoms with E-state index in [0.29, 0.717) is 16.3 Å². The largest absolute Gasteiger partial charge is 0.507 e. The summed E-state index contributed by atoms with van der Waals surface area (Å²) < 4.78 is 17.0. The molecule has 1 saturated heterocycles. The van der Waals surface area contributed by atoms with E-state index in [1.54, 1.807) is 25.1 Å². The van der Waals surface area contributed by atoms with Crippen molar-refractivity contribution in [3.05, 3.63) is 52.4 Å². The lowest BCUT2D eigenvalue weighted by Crippen LogP contribution is -2.58. The zero-order valence-corrected chi connectivity index (χ0v) is 17.7. The fourth-order valence-electron chi connectivity index (χ4n) is 4.39. The Morgan fingerprint density at radius 2 is 1.64 bits per heavy atom. The van der Waals surface area contributed by atoms with Gasteiger partial charge in [-0.15, -0.1) is 0 Å². The fourth-order valence-corrected chi connectivity index (χ4v) is 4.39. The molecule has 3 aromatic carbocycles. The number of benzene rings is 3. The predicted octanol–water partition coefficient (Wildman–Crippen LogP) is 2.03. The summed E-state index contributed by atoms with van der Waals surface area (Å²) in [4.78, 5) is 12.7. The zero-order chi connectivity index (χ0) is 23.6. The molecule has 0 amide bonds. The van der Waals surface area contributed by atoms with Gasteiger partial charge in [-0.05, 0) is 43.7 Å². The number of fused-ring (bicyclic) bond motifs is 5. The summed E-state index contributed by atoms with van der Waals surface area (Å²) in [7, 11) is 0. The highest BCUT2D eigenvalue weighted by molar-refractivity contribution is 6.18. The van der Waals surface area contributed by atoms with Crippen LogP contribution in [0.5, 0.6) is 17.2 Å². The van der Waals surface area contributed by atoms with Crippen LogP contribution in [0.2, 0.25) is 0 Å². The van der Waals surface area contributed by atoms with E-state index in [4.69, 9.17) is 13.9 Å². The van der Waals surface area contributed by atoms with Gasteiger partial charge in [-0.2, -0.15) is 0 Å². The number of phenolic OH excluding ortho intramolecular Hbond substituents is 2. The van der Waals surface area contributed by atoms with E-state index < -0.39 is 36.3 Å². The number of aryl methyl sites for hydroxylation is 1. The summed E-state index contributed by atoms with van der Waals surface area (Å²) in [6, 6.07) is 9.18. The molecule has 1 aromatic heterocycles. The molecule has 5 rings (SSSR count). The van der Waals surface area contributed by atoms with Crippen molar-refractivity contribution >= 4 is 32.5 Å².